The zero-order valence-electron chi connectivity index (χ0n) is 36.6. The van der Waals surface area contributed by atoms with Crippen molar-refractivity contribution in [3.05, 3.63) is 0 Å². The first kappa shape index (κ1) is 46.7. The molecular formula is C39H63N3O18. The number of methoxy groups -OCH3 is 4. The molecule has 6 fully saturated rings. The molecule has 0 saturated carbocycles. The summed E-state index contributed by atoms with van der Waals surface area (Å²) in [5.41, 5.74) is -0.862. The summed E-state index contributed by atoms with van der Waals surface area (Å²) in [6.07, 6.45) is -11.6. The molecule has 6 heterocycles. The third-order valence-electron chi connectivity index (χ3n) is 10.9. The lowest BCUT2D eigenvalue weighted by Gasteiger charge is -2.34. The van der Waals surface area contributed by atoms with Crippen LogP contribution in [0.3, 0.4) is 0 Å². The number of fused-ring (bicyclic) bond motifs is 3. The lowest BCUT2D eigenvalue weighted by molar-refractivity contribution is -0.221. The van der Waals surface area contributed by atoms with Crippen LogP contribution in [-0.2, 0) is 80.7 Å². The highest BCUT2D eigenvalue weighted by Crippen LogP contribution is 2.43. The monoisotopic (exact) mass is 861 g/mol. The Morgan fingerprint density at radius 1 is 0.533 bits per heavy atom. The van der Waals surface area contributed by atoms with Crippen molar-refractivity contribution in [2.75, 3.05) is 28.4 Å². The zero-order chi connectivity index (χ0) is 44.1. The summed E-state index contributed by atoms with van der Waals surface area (Å²) in [5, 5.41) is 8.61. The third-order valence-corrected chi connectivity index (χ3v) is 10.9. The van der Waals surface area contributed by atoms with Crippen molar-refractivity contribution in [1.82, 2.24) is 16.0 Å². The van der Waals surface area contributed by atoms with Crippen molar-refractivity contribution >= 4 is 23.9 Å². The number of amides is 3. The predicted molar refractivity (Wildman–Crippen MR) is 201 cm³/mol. The van der Waals surface area contributed by atoms with E-state index in [1.165, 1.54) is 28.4 Å². The average Bonchev–Trinajstić information content (AvgIpc) is 3.92. The Hall–Kier alpha value is -2.80. The fourth-order valence-corrected chi connectivity index (χ4v) is 8.69. The average molecular weight is 862 g/mol. The van der Waals surface area contributed by atoms with E-state index in [-0.39, 0.29) is 19.3 Å². The normalized spacial score (nSPS) is 37.4. The van der Waals surface area contributed by atoms with Crippen molar-refractivity contribution in [3.63, 3.8) is 0 Å². The number of ether oxygens (including phenoxy) is 14. The SMILES string of the molecule is COC(=O)CC(NC(=O)CC(NC(=O)CC(NC(=O)OC(C)(C)C)[C@@H]1O[C@@H]2OC(C)(C)O[C@@H]2[C@H]1OC)[C@H]1O[C@@H]2OC(C)(C)O[C@@H]2[C@H]1OC)[C@@H]1O[C@@H]2OC(C)(C)O[C@@H]2[C@H]1OC. The van der Waals surface area contributed by atoms with Gasteiger partial charge in [0.2, 0.25) is 11.8 Å². The first-order valence-corrected chi connectivity index (χ1v) is 20.2. The minimum absolute atomic E-state index is 0.291. The van der Waals surface area contributed by atoms with Crippen LogP contribution in [0.4, 0.5) is 4.79 Å². The summed E-state index contributed by atoms with van der Waals surface area (Å²) >= 11 is 0. The van der Waals surface area contributed by atoms with Crippen LogP contribution in [0.15, 0.2) is 0 Å². The molecule has 21 heteroatoms. The van der Waals surface area contributed by atoms with E-state index in [9.17, 15) is 19.2 Å². The second kappa shape index (κ2) is 17.8. The standard InChI is InChI=1S/C39H63N3O18/c1-36(2,3)60-35(46)42-18(24-27(49-12)30-33(52-24)58-38(6,7)55-30)15-21(44)40-17(23-26(48-11)29-32(51-23)57-37(4,5)54-29)14-20(43)41-19(16-22(45)47-10)25-28(50-13)31-34(53-25)59-39(8,9)56-31/h17-19,23-34H,14-16H2,1-13H3,(H,40,44)(H,41,43)(H,42,46)/t17?,18?,19?,23-,24+,25+,26+,27+,28+,29-,30-,31-,32-,33-,34-/m1/s1. The molecular weight excluding hydrogens is 798 g/mol. The predicted octanol–water partition coefficient (Wildman–Crippen LogP) is 0.867. The molecule has 3 N–H and O–H groups in total. The summed E-state index contributed by atoms with van der Waals surface area (Å²) in [6.45, 7) is 15.5. The number of nitrogens with one attached hydrogen (secondary N) is 3. The Kier molecular flexibility index (Phi) is 13.8. The molecule has 342 valence electrons. The van der Waals surface area contributed by atoms with Gasteiger partial charge in [0.25, 0.3) is 0 Å². The van der Waals surface area contributed by atoms with E-state index in [2.05, 4.69) is 16.0 Å². The highest BCUT2D eigenvalue weighted by atomic mass is 16.9. The molecule has 0 aliphatic carbocycles. The third kappa shape index (κ3) is 10.5. The van der Waals surface area contributed by atoms with E-state index >= 15 is 0 Å². The Morgan fingerprint density at radius 3 is 1.18 bits per heavy atom. The van der Waals surface area contributed by atoms with Crippen LogP contribution < -0.4 is 16.0 Å². The highest BCUT2D eigenvalue weighted by Gasteiger charge is 2.60. The van der Waals surface area contributed by atoms with E-state index in [1.807, 2.05) is 0 Å². The lowest BCUT2D eigenvalue weighted by atomic mass is 9.97. The van der Waals surface area contributed by atoms with Crippen LogP contribution in [0.25, 0.3) is 0 Å². The van der Waals surface area contributed by atoms with Crippen molar-refractivity contribution < 1.29 is 85.5 Å². The summed E-state index contributed by atoms with van der Waals surface area (Å²) in [5.74, 6) is -4.74. The molecule has 0 bridgehead atoms. The van der Waals surface area contributed by atoms with Crippen LogP contribution in [0, 0.1) is 0 Å². The van der Waals surface area contributed by atoms with Crippen molar-refractivity contribution in [2.45, 2.75) is 196 Å². The Bertz CT molecular complexity index is 1570. The molecule has 0 aromatic heterocycles. The van der Waals surface area contributed by atoms with Gasteiger partial charge in [-0.2, -0.15) is 0 Å². The maximum absolute atomic E-state index is 14.3. The highest BCUT2D eigenvalue weighted by molar-refractivity contribution is 5.81. The molecule has 3 amide bonds. The molecule has 6 saturated heterocycles. The second-order valence-electron chi connectivity index (χ2n) is 18.1. The van der Waals surface area contributed by atoms with Gasteiger partial charge in [0, 0.05) is 34.2 Å². The number of carbonyl (C=O) groups excluding carboxylic acids is 4. The molecule has 0 aromatic rings. The fourth-order valence-electron chi connectivity index (χ4n) is 8.69. The van der Waals surface area contributed by atoms with Crippen molar-refractivity contribution in [1.29, 1.82) is 0 Å². The fraction of sp³-hybridized carbons (Fsp3) is 0.897. The summed E-state index contributed by atoms with van der Waals surface area (Å²) in [4.78, 5) is 54.4. The smallest absolute Gasteiger partial charge is 0.407 e. The largest absolute Gasteiger partial charge is 0.469 e. The summed E-state index contributed by atoms with van der Waals surface area (Å²) in [6, 6.07) is -3.12. The number of hydrogen-bond donors (Lipinski definition) is 3. The quantitative estimate of drug-likeness (QED) is 0.194. The summed E-state index contributed by atoms with van der Waals surface area (Å²) < 4.78 is 82.8. The molecule has 0 radical (unpaired) electrons. The van der Waals surface area contributed by atoms with E-state index in [0.29, 0.717) is 0 Å². The molecule has 0 spiro atoms. The molecule has 6 aliphatic rings. The number of rotatable bonds is 15. The lowest BCUT2D eigenvalue weighted by Crippen LogP contribution is -2.56. The van der Waals surface area contributed by atoms with Gasteiger partial charge in [-0.3, -0.25) is 14.4 Å². The van der Waals surface area contributed by atoms with Gasteiger partial charge in [-0.25, -0.2) is 4.79 Å². The van der Waals surface area contributed by atoms with Crippen LogP contribution in [0.2, 0.25) is 0 Å². The van der Waals surface area contributed by atoms with Crippen LogP contribution >= 0.6 is 0 Å². The Morgan fingerprint density at radius 2 is 0.867 bits per heavy atom. The first-order valence-electron chi connectivity index (χ1n) is 20.2. The number of alkyl carbamates (subject to hydrolysis) is 1. The van der Waals surface area contributed by atoms with Gasteiger partial charge in [0.1, 0.15) is 60.5 Å². The van der Waals surface area contributed by atoms with Gasteiger partial charge in [0.15, 0.2) is 36.2 Å². The zero-order valence-corrected chi connectivity index (χ0v) is 36.6. The van der Waals surface area contributed by atoms with Crippen LogP contribution in [-0.4, -0.2) is 167 Å². The Balaban J connectivity index is 1.24. The molecule has 15 atom stereocenters. The minimum Gasteiger partial charge on any atom is -0.469 e. The molecule has 21 nitrogen and oxygen atoms in total. The second-order valence-corrected chi connectivity index (χ2v) is 18.1. The van der Waals surface area contributed by atoms with E-state index in [0.717, 1.165) is 0 Å². The van der Waals surface area contributed by atoms with Gasteiger partial charge < -0.3 is 82.3 Å². The Labute approximate surface area is 349 Å². The number of carbonyl (C=O) groups is 4. The van der Waals surface area contributed by atoms with Crippen molar-refractivity contribution in [3.8, 4) is 0 Å². The maximum atomic E-state index is 14.3. The molecule has 6 aliphatic heterocycles. The molecule has 0 aromatic carbocycles. The molecule has 60 heavy (non-hydrogen) atoms. The molecule has 3 unspecified atom stereocenters. The van der Waals surface area contributed by atoms with Gasteiger partial charge in [-0.1, -0.05) is 0 Å². The van der Waals surface area contributed by atoms with Crippen molar-refractivity contribution in [2.24, 2.45) is 0 Å². The van der Waals surface area contributed by atoms with E-state index in [1.54, 1.807) is 62.3 Å². The van der Waals surface area contributed by atoms with E-state index in [4.69, 9.17) is 66.3 Å². The topological polar surface area (TPSA) is 234 Å². The maximum Gasteiger partial charge on any atom is 0.407 e. The first-order chi connectivity index (χ1) is 28.0. The van der Waals surface area contributed by atoms with E-state index < -0.39 is 139 Å². The van der Waals surface area contributed by atoms with Gasteiger partial charge in [0.05, 0.1) is 31.7 Å². The van der Waals surface area contributed by atoms with Crippen LogP contribution in [0.5, 0.6) is 0 Å². The minimum atomic E-state index is -1.09. The number of hydrogen-bond acceptors (Lipinski definition) is 18. The van der Waals surface area contributed by atoms with Gasteiger partial charge in [-0.15, -0.1) is 0 Å². The number of esters is 1. The van der Waals surface area contributed by atoms with Gasteiger partial charge in [-0.05, 0) is 62.3 Å². The van der Waals surface area contributed by atoms with Crippen LogP contribution in [0.1, 0.15) is 81.6 Å². The molecule has 6 rings (SSSR count). The summed E-state index contributed by atoms with van der Waals surface area (Å²) in [7, 11) is 5.62. The van der Waals surface area contributed by atoms with Gasteiger partial charge >= 0.3 is 12.1 Å².